The topological polar surface area (TPSA) is 109 Å². The number of carbonyl (C=O) groups is 1. The molecule has 8 nitrogen and oxygen atoms in total. The number of ether oxygens (including phenoxy) is 5. The summed E-state index contributed by atoms with van der Waals surface area (Å²) in [6.45, 7) is 2.91. The lowest BCUT2D eigenvalue weighted by Gasteiger charge is -2.09. The molecule has 0 bridgehead atoms. The molecule has 120 valence electrons. The SMILES string of the molecule is COCCOCCOCCOCCOC(=O)[C@@H](N)CO. The first-order valence-corrected chi connectivity index (χ1v) is 6.47. The van der Waals surface area contributed by atoms with E-state index in [2.05, 4.69) is 0 Å². The van der Waals surface area contributed by atoms with Gasteiger partial charge in [0, 0.05) is 7.11 Å². The first-order valence-electron chi connectivity index (χ1n) is 6.47. The van der Waals surface area contributed by atoms with Crippen molar-refractivity contribution in [3.63, 3.8) is 0 Å². The van der Waals surface area contributed by atoms with Crippen molar-refractivity contribution in [3.05, 3.63) is 0 Å². The molecular formula is C12H25NO7. The number of hydrogen-bond donors (Lipinski definition) is 2. The van der Waals surface area contributed by atoms with Crippen LogP contribution in [0.15, 0.2) is 0 Å². The number of nitrogens with two attached hydrogens (primary N) is 1. The predicted octanol–water partition coefficient (Wildman–Crippen LogP) is -1.45. The summed E-state index contributed by atoms with van der Waals surface area (Å²) in [4.78, 5) is 11.0. The van der Waals surface area contributed by atoms with E-state index < -0.39 is 18.6 Å². The van der Waals surface area contributed by atoms with Crippen LogP contribution in [-0.4, -0.2) is 83.7 Å². The summed E-state index contributed by atoms with van der Waals surface area (Å²) in [6.07, 6.45) is 0. The third kappa shape index (κ3) is 12.3. The van der Waals surface area contributed by atoms with Crippen molar-refractivity contribution >= 4 is 5.97 Å². The second-order valence-corrected chi connectivity index (χ2v) is 3.79. The van der Waals surface area contributed by atoms with Gasteiger partial charge < -0.3 is 34.5 Å². The van der Waals surface area contributed by atoms with Crippen LogP contribution >= 0.6 is 0 Å². The van der Waals surface area contributed by atoms with Gasteiger partial charge in [-0.15, -0.1) is 0 Å². The lowest BCUT2D eigenvalue weighted by molar-refractivity contribution is -0.147. The van der Waals surface area contributed by atoms with E-state index in [1.54, 1.807) is 7.11 Å². The largest absolute Gasteiger partial charge is 0.462 e. The molecule has 0 aromatic heterocycles. The Hall–Kier alpha value is -0.770. The molecule has 0 aromatic carbocycles. The number of aliphatic hydroxyl groups excluding tert-OH is 1. The molecule has 20 heavy (non-hydrogen) atoms. The van der Waals surface area contributed by atoms with E-state index in [4.69, 9.17) is 34.5 Å². The monoisotopic (exact) mass is 295 g/mol. The highest BCUT2D eigenvalue weighted by Gasteiger charge is 2.12. The molecule has 0 spiro atoms. The molecule has 3 N–H and O–H groups in total. The molecule has 0 amide bonds. The van der Waals surface area contributed by atoms with Gasteiger partial charge in [0.15, 0.2) is 0 Å². The number of methoxy groups -OCH3 is 1. The normalized spacial score (nSPS) is 12.3. The summed E-state index contributed by atoms with van der Waals surface area (Å²) < 4.78 is 25.2. The third-order valence-electron chi connectivity index (χ3n) is 2.15. The van der Waals surface area contributed by atoms with Crippen molar-refractivity contribution < 1.29 is 33.6 Å². The molecular weight excluding hydrogens is 270 g/mol. The zero-order chi connectivity index (χ0) is 15.1. The van der Waals surface area contributed by atoms with Gasteiger partial charge in [-0.1, -0.05) is 0 Å². The van der Waals surface area contributed by atoms with Gasteiger partial charge in [-0.2, -0.15) is 0 Å². The maximum Gasteiger partial charge on any atom is 0.325 e. The minimum Gasteiger partial charge on any atom is -0.462 e. The zero-order valence-corrected chi connectivity index (χ0v) is 11.9. The van der Waals surface area contributed by atoms with Gasteiger partial charge in [-0.05, 0) is 0 Å². The Labute approximate surface area is 119 Å². The van der Waals surface area contributed by atoms with Gasteiger partial charge in [0.05, 0.1) is 52.9 Å². The standard InChI is InChI=1S/C12H25NO7/c1-16-2-3-17-4-5-18-6-7-19-8-9-20-12(15)11(13)10-14/h11,14H,2-10,13H2,1H3/t11-/m0/s1. The van der Waals surface area contributed by atoms with Crippen molar-refractivity contribution in [2.75, 3.05) is 66.6 Å². The van der Waals surface area contributed by atoms with Gasteiger partial charge in [0.1, 0.15) is 12.6 Å². The number of rotatable bonds is 14. The van der Waals surface area contributed by atoms with Crippen molar-refractivity contribution in [2.45, 2.75) is 6.04 Å². The molecule has 0 fully saturated rings. The zero-order valence-electron chi connectivity index (χ0n) is 11.9. The fraction of sp³-hybridized carbons (Fsp3) is 0.917. The van der Waals surface area contributed by atoms with Gasteiger partial charge in [-0.25, -0.2) is 0 Å². The highest BCUT2D eigenvalue weighted by Crippen LogP contribution is 1.86. The van der Waals surface area contributed by atoms with Gasteiger partial charge in [0.2, 0.25) is 0 Å². The van der Waals surface area contributed by atoms with E-state index in [0.717, 1.165) is 0 Å². The minimum atomic E-state index is -0.989. The molecule has 0 rings (SSSR count). The fourth-order valence-electron chi connectivity index (χ4n) is 1.07. The van der Waals surface area contributed by atoms with Crippen LogP contribution in [0.1, 0.15) is 0 Å². The van der Waals surface area contributed by atoms with Crippen LogP contribution in [0.25, 0.3) is 0 Å². The lowest BCUT2D eigenvalue weighted by Crippen LogP contribution is -2.36. The molecule has 0 heterocycles. The van der Waals surface area contributed by atoms with Crippen LogP contribution in [0, 0.1) is 0 Å². The highest BCUT2D eigenvalue weighted by atomic mass is 16.6. The minimum absolute atomic E-state index is 0.104. The van der Waals surface area contributed by atoms with Crippen molar-refractivity contribution in [1.29, 1.82) is 0 Å². The molecule has 0 aliphatic heterocycles. The quantitative estimate of drug-likeness (QED) is 0.296. The molecule has 0 radical (unpaired) electrons. The summed E-state index contributed by atoms with van der Waals surface area (Å²) in [6, 6.07) is -0.989. The third-order valence-corrected chi connectivity index (χ3v) is 2.15. The van der Waals surface area contributed by atoms with Crippen molar-refractivity contribution in [3.8, 4) is 0 Å². The Balaban J connectivity index is 3.11. The Bertz CT molecular complexity index is 228. The number of esters is 1. The van der Waals surface area contributed by atoms with E-state index in [-0.39, 0.29) is 13.2 Å². The second kappa shape index (κ2) is 14.6. The summed E-state index contributed by atoms with van der Waals surface area (Å²) in [7, 11) is 1.62. The second-order valence-electron chi connectivity index (χ2n) is 3.79. The molecule has 8 heteroatoms. The summed E-state index contributed by atoms with van der Waals surface area (Å²) in [5.74, 6) is -0.638. The molecule has 0 aliphatic rings. The first kappa shape index (κ1) is 19.2. The molecule has 0 saturated carbocycles. The molecule has 0 unspecified atom stereocenters. The van der Waals surface area contributed by atoms with Crippen LogP contribution in [0.4, 0.5) is 0 Å². The van der Waals surface area contributed by atoms with E-state index >= 15 is 0 Å². The van der Waals surface area contributed by atoms with Crippen LogP contribution in [0.5, 0.6) is 0 Å². The van der Waals surface area contributed by atoms with Crippen molar-refractivity contribution in [2.24, 2.45) is 5.73 Å². The van der Waals surface area contributed by atoms with Crippen LogP contribution in [-0.2, 0) is 28.5 Å². The van der Waals surface area contributed by atoms with E-state index in [1.165, 1.54) is 0 Å². The predicted molar refractivity (Wildman–Crippen MR) is 70.4 cm³/mol. The smallest absolute Gasteiger partial charge is 0.325 e. The average Bonchev–Trinajstić information content (AvgIpc) is 2.47. The number of aliphatic hydroxyl groups is 1. The van der Waals surface area contributed by atoms with Crippen LogP contribution < -0.4 is 5.73 Å². The van der Waals surface area contributed by atoms with Gasteiger partial charge in [-0.3, -0.25) is 4.79 Å². The highest BCUT2D eigenvalue weighted by molar-refractivity contribution is 5.75. The van der Waals surface area contributed by atoms with E-state index in [1.807, 2.05) is 0 Å². The maximum atomic E-state index is 11.0. The Kier molecular flexibility index (Phi) is 14.1. The molecule has 0 saturated heterocycles. The average molecular weight is 295 g/mol. The van der Waals surface area contributed by atoms with E-state index in [9.17, 15) is 4.79 Å². The van der Waals surface area contributed by atoms with Crippen molar-refractivity contribution in [1.82, 2.24) is 0 Å². The molecule has 0 aliphatic carbocycles. The first-order chi connectivity index (χ1) is 9.72. The summed E-state index contributed by atoms with van der Waals surface area (Å²) >= 11 is 0. The Morgan fingerprint density at radius 3 is 1.85 bits per heavy atom. The van der Waals surface area contributed by atoms with Crippen LogP contribution in [0.3, 0.4) is 0 Å². The Morgan fingerprint density at radius 1 is 0.950 bits per heavy atom. The Morgan fingerprint density at radius 2 is 1.40 bits per heavy atom. The van der Waals surface area contributed by atoms with Crippen LogP contribution in [0.2, 0.25) is 0 Å². The summed E-state index contributed by atoms with van der Waals surface area (Å²) in [5, 5.41) is 8.61. The number of hydrogen-bond acceptors (Lipinski definition) is 8. The fourth-order valence-corrected chi connectivity index (χ4v) is 1.07. The van der Waals surface area contributed by atoms with E-state index in [0.29, 0.717) is 39.6 Å². The van der Waals surface area contributed by atoms with Gasteiger partial charge >= 0.3 is 5.97 Å². The van der Waals surface area contributed by atoms with Gasteiger partial charge in [0.25, 0.3) is 0 Å². The molecule has 0 aromatic rings. The number of carbonyl (C=O) groups excluding carboxylic acids is 1. The summed E-state index contributed by atoms with van der Waals surface area (Å²) in [5.41, 5.74) is 5.25. The molecule has 1 atom stereocenters. The maximum absolute atomic E-state index is 11.0. The lowest BCUT2D eigenvalue weighted by atomic mass is 10.3.